The van der Waals surface area contributed by atoms with E-state index in [1.54, 1.807) is 37.4 Å². The first-order valence-corrected chi connectivity index (χ1v) is 11.2. The Morgan fingerprint density at radius 2 is 1.91 bits per heavy atom. The molecule has 7 heteroatoms. The molecule has 2 atom stereocenters. The Hall–Kier alpha value is -3.16. The summed E-state index contributed by atoms with van der Waals surface area (Å²) in [5, 5.41) is 6.51. The second-order valence-electron chi connectivity index (χ2n) is 8.77. The molecule has 2 heterocycles. The predicted molar refractivity (Wildman–Crippen MR) is 128 cm³/mol. The van der Waals surface area contributed by atoms with E-state index in [9.17, 15) is 13.2 Å². The van der Waals surface area contributed by atoms with E-state index in [1.165, 1.54) is 18.2 Å². The molecule has 4 rings (SSSR count). The molecule has 2 unspecified atom stereocenters. The van der Waals surface area contributed by atoms with Crippen molar-refractivity contribution in [1.82, 2.24) is 10.3 Å². The van der Waals surface area contributed by atoms with E-state index in [0.29, 0.717) is 29.7 Å². The quantitative estimate of drug-likeness (QED) is 0.267. The maximum atomic E-state index is 14.2. The Morgan fingerprint density at radius 3 is 2.59 bits per heavy atom. The number of benzene rings is 2. The van der Waals surface area contributed by atoms with Gasteiger partial charge in [0.25, 0.3) is 5.92 Å². The van der Waals surface area contributed by atoms with Gasteiger partial charge in [-0.3, -0.25) is 5.32 Å². The molecule has 1 aliphatic rings. The smallest absolute Gasteiger partial charge is 0.291 e. The van der Waals surface area contributed by atoms with Crippen LogP contribution in [0.2, 0.25) is 0 Å². The van der Waals surface area contributed by atoms with Crippen LogP contribution in [0.25, 0.3) is 0 Å². The zero-order chi connectivity index (χ0) is 24.5. The summed E-state index contributed by atoms with van der Waals surface area (Å²) < 4.78 is 47.4. The summed E-state index contributed by atoms with van der Waals surface area (Å²) >= 11 is 0. The Morgan fingerprint density at radius 1 is 1.18 bits per heavy atom. The minimum atomic E-state index is -3.11. The number of aromatic nitrogens is 1. The standard InChI is InChI=1S/C27H28F3N3O/c1-5-27(29,30)22-7-6-8-23(17(22)4)33-24-13-20(16(2)3)21(15-31-24)25-26(34-25)32-14-18-9-11-19(28)12-10-18/h5-13,15-16,25-26,32H,1,14H2,2-4H3,(H,31,33). The van der Waals surface area contributed by atoms with Crippen molar-refractivity contribution in [3.63, 3.8) is 0 Å². The van der Waals surface area contributed by atoms with Crippen LogP contribution in [0.3, 0.4) is 0 Å². The molecule has 1 fully saturated rings. The minimum absolute atomic E-state index is 0.0883. The van der Waals surface area contributed by atoms with Crippen LogP contribution >= 0.6 is 0 Å². The molecule has 0 amide bonds. The summed E-state index contributed by atoms with van der Waals surface area (Å²) in [7, 11) is 0. The van der Waals surface area contributed by atoms with Gasteiger partial charge in [0, 0.05) is 29.6 Å². The lowest BCUT2D eigenvalue weighted by molar-refractivity contribution is 0.0519. The van der Waals surface area contributed by atoms with Crippen LogP contribution in [0, 0.1) is 12.7 Å². The molecule has 2 aromatic carbocycles. The van der Waals surface area contributed by atoms with Crippen LogP contribution in [-0.4, -0.2) is 11.2 Å². The summed E-state index contributed by atoms with van der Waals surface area (Å²) in [5.74, 6) is -2.59. The highest BCUT2D eigenvalue weighted by atomic mass is 19.3. The fourth-order valence-corrected chi connectivity index (χ4v) is 3.99. The number of nitrogens with one attached hydrogen (secondary N) is 2. The van der Waals surface area contributed by atoms with Crippen LogP contribution in [0.15, 0.2) is 67.4 Å². The van der Waals surface area contributed by atoms with E-state index >= 15 is 0 Å². The van der Waals surface area contributed by atoms with Crippen molar-refractivity contribution in [3.05, 3.63) is 101 Å². The van der Waals surface area contributed by atoms with Gasteiger partial charge in [-0.25, -0.2) is 9.37 Å². The summed E-state index contributed by atoms with van der Waals surface area (Å²) in [6.45, 7) is 9.64. The maximum Gasteiger partial charge on any atom is 0.291 e. The van der Waals surface area contributed by atoms with Crippen LogP contribution in [0.1, 0.15) is 53.7 Å². The van der Waals surface area contributed by atoms with Gasteiger partial charge in [-0.05, 0) is 59.9 Å². The average Bonchev–Trinajstić information content (AvgIpc) is 3.59. The molecule has 4 nitrogen and oxygen atoms in total. The van der Waals surface area contributed by atoms with Gasteiger partial charge in [0.15, 0.2) is 0 Å². The lowest BCUT2D eigenvalue weighted by atomic mass is 9.96. The molecule has 0 aliphatic carbocycles. The van der Waals surface area contributed by atoms with Crippen LogP contribution in [0.4, 0.5) is 24.7 Å². The molecule has 0 spiro atoms. The third-order valence-electron chi connectivity index (χ3n) is 6.02. The number of pyridine rings is 1. The second kappa shape index (κ2) is 9.60. The van der Waals surface area contributed by atoms with Gasteiger partial charge in [0.05, 0.1) is 0 Å². The van der Waals surface area contributed by atoms with E-state index < -0.39 is 5.92 Å². The molecule has 0 saturated carbocycles. The number of nitrogens with zero attached hydrogens (tertiary/aromatic N) is 1. The van der Waals surface area contributed by atoms with Crippen LogP contribution in [-0.2, 0) is 17.2 Å². The topological polar surface area (TPSA) is 49.5 Å². The number of ether oxygens (including phenoxy) is 1. The molecule has 34 heavy (non-hydrogen) atoms. The summed E-state index contributed by atoms with van der Waals surface area (Å²) in [5.41, 5.74) is 3.95. The number of epoxide rings is 1. The lowest BCUT2D eigenvalue weighted by Crippen LogP contribution is -2.18. The van der Waals surface area contributed by atoms with Crippen LogP contribution in [0.5, 0.6) is 0 Å². The van der Waals surface area contributed by atoms with Gasteiger partial charge in [0.2, 0.25) is 0 Å². The minimum Gasteiger partial charge on any atom is -0.348 e. The molecule has 1 saturated heterocycles. The molecule has 3 aromatic rings. The van der Waals surface area contributed by atoms with E-state index in [1.807, 2.05) is 6.07 Å². The fourth-order valence-electron chi connectivity index (χ4n) is 3.99. The fraction of sp³-hybridized carbons (Fsp3) is 0.296. The van der Waals surface area contributed by atoms with Crippen molar-refractivity contribution in [3.8, 4) is 0 Å². The highest BCUT2D eigenvalue weighted by Gasteiger charge is 2.41. The SMILES string of the molecule is C=CC(F)(F)c1cccc(Nc2cc(C(C)C)c(C3OC3NCc3ccc(F)cc3)cn2)c1C. The molecule has 1 aromatic heterocycles. The largest absolute Gasteiger partial charge is 0.348 e. The van der Waals surface area contributed by atoms with Gasteiger partial charge in [0.1, 0.15) is 24.0 Å². The van der Waals surface area contributed by atoms with E-state index in [0.717, 1.165) is 16.7 Å². The number of anilines is 2. The van der Waals surface area contributed by atoms with E-state index in [2.05, 4.69) is 36.0 Å². The maximum absolute atomic E-state index is 14.2. The average molecular weight is 468 g/mol. The molecule has 1 aliphatic heterocycles. The Kier molecular flexibility index (Phi) is 6.77. The second-order valence-corrected chi connectivity index (χ2v) is 8.77. The molecular formula is C27H28F3N3O. The molecule has 178 valence electrons. The van der Waals surface area contributed by atoms with Crippen molar-refractivity contribution < 1.29 is 17.9 Å². The zero-order valence-electron chi connectivity index (χ0n) is 19.4. The van der Waals surface area contributed by atoms with Gasteiger partial charge < -0.3 is 10.1 Å². The predicted octanol–water partition coefficient (Wildman–Crippen LogP) is 6.86. The first-order chi connectivity index (χ1) is 16.2. The normalized spacial score (nSPS) is 17.6. The van der Waals surface area contributed by atoms with Crippen molar-refractivity contribution >= 4 is 11.5 Å². The molecule has 0 radical (unpaired) electrons. The zero-order valence-corrected chi connectivity index (χ0v) is 19.4. The number of alkyl halides is 2. The summed E-state index contributed by atoms with van der Waals surface area (Å²) in [6.07, 6.45) is 2.15. The van der Waals surface area contributed by atoms with Crippen molar-refractivity contribution in [2.24, 2.45) is 0 Å². The Bertz CT molecular complexity index is 1180. The van der Waals surface area contributed by atoms with E-state index in [-0.39, 0.29) is 29.6 Å². The van der Waals surface area contributed by atoms with Gasteiger partial charge >= 0.3 is 0 Å². The van der Waals surface area contributed by atoms with E-state index in [4.69, 9.17) is 4.74 Å². The van der Waals surface area contributed by atoms with Gasteiger partial charge in [-0.2, -0.15) is 8.78 Å². The number of hydrogen-bond acceptors (Lipinski definition) is 4. The first-order valence-electron chi connectivity index (χ1n) is 11.2. The third-order valence-corrected chi connectivity index (χ3v) is 6.02. The van der Waals surface area contributed by atoms with Crippen molar-refractivity contribution in [2.75, 3.05) is 5.32 Å². The third kappa shape index (κ3) is 5.16. The number of halogens is 3. The first kappa shape index (κ1) is 24.0. The number of allylic oxidation sites excluding steroid dienone is 1. The number of rotatable bonds is 9. The Balaban J connectivity index is 1.49. The molecule has 2 N–H and O–H groups in total. The van der Waals surface area contributed by atoms with Crippen LogP contribution < -0.4 is 10.6 Å². The molecular weight excluding hydrogens is 439 g/mol. The summed E-state index contributed by atoms with van der Waals surface area (Å²) in [4.78, 5) is 4.53. The van der Waals surface area contributed by atoms with Gasteiger partial charge in [-0.15, -0.1) is 0 Å². The van der Waals surface area contributed by atoms with Crippen molar-refractivity contribution in [1.29, 1.82) is 0 Å². The Labute approximate surface area is 197 Å². The van der Waals surface area contributed by atoms with Gasteiger partial charge in [-0.1, -0.05) is 44.7 Å². The van der Waals surface area contributed by atoms with Crippen molar-refractivity contribution in [2.45, 2.75) is 51.5 Å². The number of hydrogen-bond donors (Lipinski definition) is 2. The highest BCUT2D eigenvalue weighted by Crippen LogP contribution is 2.41. The lowest BCUT2D eigenvalue weighted by Gasteiger charge is -2.19. The monoisotopic (exact) mass is 467 g/mol. The summed E-state index contributed by atoms with van der Waals surface area (Å²) in [6, 6.07) is 13.0. The molecule has 0 bridgehead atoms. The highest BCUT2D eigenvalue weighted by molar-refractivity contribution is 5.64.